The van der Waals surface area contributed by atoms with Gasteiger partial charge in [0.05, 0.1) is 6.10 Å². The van der Waals surface area contributed by atoms with Gasteiger partial charge in [0, 0.05) is 6.61 Å². The van der Waals surface area contributed by atoms with Crippen LogP contribution >= 0.6 is 0 Å². The molecular formula is C21H38O. The van der Waals surface area contributed by atoms with Gasteiger partial charge in [0.25, 0.3) is 0 Å². The Labute approximate surface area is 138 Å². The molecule has 1 heteroatoms. The molecule has 0 bridgehead atoms. The fourth-order valence-corrected chi connectivity index (χ4v) is 4.55. The zero-order chi connectivity index (χ0) is 15.6. The molecule has 0 aliphatic heterocycles. The van der Waals surface area contributed by atoms with Crippen LogP contribution in [0, 0.1) is 17.8 Å². The number of rotatable bonds is 8. The van der Waals surface area contributed by atoms with E-state index < -0.39 is 0 Å². The van der Waals surface area contributed by atoms with Crippen molar-refractivity contribution < 1.29 is 4.74 Å². The van der Waals surface area contributed by atoms with E-state index in [9.17, 15) is 0 Å². The molecule has 2 fully saturated rings. The van der Waals surface area contributed by atoms with Crippen LogP contribution in [0.25, 0.3) is 0 Å². The van der Waals surface area contributed by atoms with Crippen molar-refractivity contribution in [3.63, 3.8) is 0 Å². The van der Waals surface area contributed by atoms with Gasteiger partial charge < -0.3 is 4.74 Å². The zero-order valence-electron chi connectivity index (χ0n) is 15.1. The van der Waals surface area contributed by atoms with Crippen molar-refractivity contribution in [1.82, 2.24) is 0 Å². The molecule has 0 unspecified atom stereocenters. The van der Waals surface area contributed by atoms with Crippen molar-refractivity contribution in [3.05, 3.63) is 12.2 Å². The molecule has 0 aromatic rings. The van der Waals surface area contributed by atoms with Gasteiger partial charge in [-0.2, -0.15) is 0 Å². The third kappa shape index (κ3) is 6.07. The molecule has 2 saturated carbocycles. The third-order valence-corrected chi connectivity index (χ3v) is 6.08. The molecule has 0 radical (unpaired) electrons. The smallest absolute Gasteiger partial charge is 0.0575 e. The zero-order valence-corrected chi connectivity index (χ0v) is 15.1. The standard InChI is InChI=1S/C21H38O/c1-3-5-7-17-22-21-15-13-20(14-16-21)19-11-9-18(10-12-19)8-6-4-2/h4,6,18-21H,3,5,7-17H2,1-2H3. The fourth-order valence-electron chi connectivity index (χ4n) is 4.55. The number of hydrogen-bond donors (Lipinski definition) is 0. The number of unbranched alkanes of at least 4 members (excludes halogenated alkanes) is 2. The van der Waals surface area contributed by atoms with Gasteiger partial charge in [0.1, 0.15) is 0 Å². The Morgan fingerprint density at radius 1 is 0.864 bits per heavy atom. The molecule has 0 saturated heterocycles. The first kappa shape index (κ1) is 18.0. The lowest BCUT2D eigenvalue weighted by atomic mass is 9.70. The largest absolute Gasteiger partial charge is 0.378 e. The highest BCUT2D eigenvalue weighted by molar-refractivity contribution is 4.86. The lowest BCUT2D eigenvalue weighted by Gasteiger charge is -2.37. The Balaban J connectivity index is 1.59. The lowest BCUT2D eigenvalue weighted by molar-refractivity contribution is 0.00556. The van der Waals surface area contributed by atoms with Crippen LogP contribution in [-0.2, 0) is 4.74 Å². The molecule has 0 heterocycles. The molecule has 2 rings (SSSR count). The van der Waals surface area contributed by atoms with E-state index in [-0.39, 0.29) is 0 Å². The van der Waals surface area contributed by atoms with Crippen LogP contribution in [0.3, 0.4) is 0 Å². The number of hydrogen-bond acceptors (Lipinski definition) is 1. The van der Waals surface area contributed by atoms with Crippen molar-refractivity contribution in [2.24, 2.45) is 17.8 Å². The Hall–Kier alpha value is -0.300. The van der Waals surface area contributed by atoms with Crippen molar-refractivity contribution >= 4 is 0 Å². The molecule has 0 atom stereocenters. The molecule has 1 nitrogen and oxygen atoms in total. The minimum atomic E-state index is 0.583. The first-order valence-electron chi connectivity index (χ1n) is 10.1. The maximum absolute atomic E-state index is 6.07. The summed E-state index contributed by atoms with van der Waals surface area (Å²) >= 11 is 0. The average molecular weight is 307 g/mol. The van der Waals surface area contributed by atoms with E-state index in [2.05, 4.69) is 26.0 Å². The van der Waals surface area contributed by atoms with Crippen LogP contribution < -0.4 is 0 Å². The minimum absolute atomic E-state index is 0.583. The van der Waals surface area contributed by atoms with Crippen LogP contribution in [0.5, 0.6) is 0 Å². The summed E-state index contributed by atoms with van der Waals surface area (Å²) in [5.74, 6) is 3.02. The summed E-state index contributed by atoms with van der Waals surface area (Å²) in [7, 11) is 0. The first-order valence-corrected chi connectivity index (χ1v) is 10.1. The first-order chi connectivity index (χ1) is 10.8. The summed E-state index contributed by atoms with van der Waals surface area (Å²) in [5, 5.41) is 0. The Morgan fingerprint density at radius 3 is 2.09 bits per heavy atom. The maximum atomic E-state index is 6.07. The van der Waals surface area contributed by atoms with Crippen LogP contribution in [0.15, 0.2) is 12.2 Å². The van der Waals surface area contributed by atoms with Crippen LogP contribution in [0.2, 0.25) is 0 Å². The average Bonchev–Trinajstić information content (AvgIpc) is 2.58. The molecule has 0 spiro atoms. The van der Waals surface area contributed by atoms with Gasteiger partial charge in [-0.05, 0) is 88.9 Å². The van der Waals surface area contributed by atoms with E-state index in [1.165, 1.54) is 77.0 Å². The second kappa shape index (κ2) is 10.5. The van der Waals surface area contributed by atoms with E-state index in [1.54, 1.807) is 0 Å². The fraction of sp³-hybridized carbons (Fsp3) is 0.905. The van der Waals surface area contributed by atoms with Crippen molar-refractivity contribution in [2.75, 3.05) is 6.61 Å². The molecule has 128 valence electrons. The number of allylic oxidation sites excluding steroid dienone is 2. The summed E-state index contributed by atoms with van der Waals surface area (Å²) < 4.78 is 6.07. The molecule has 22 heavy (non-hydrogen) atoms. The SMILES string of the molecule is CC=CCC1CCC(C2CCC(OCCCCC)CC2)CC1. The van der Waals surface area contributed by atoms with Crippen molar-refractivity contribution in [2.45, 2.75) is 97.0 Å². The van der Waals surface area contributed by atoms with E-state index in [1.807, 2.05) is 0 Å². The van der Waals surface area contributed by atoms with Gasteiger partial charge in [-0.1, -0.05) is 31.9 Å². The summed E-state index contributed by atoms with van der Waals surface area (Å²) in [5.41, 5.74) is 0. The van der Waals surface area contributed by atoms with Gasteiger partial charge >= 0.3 is 0 Å². The van der Waals surface area contributed by atoms with Gasteiger partial charge in [0.2, 0.25) is 0 Å². The molecule has 0 aromatic carbocycles. The van der Waals surface area contributed by atoms with Crippen molar-refractivity contribution in [3.8, 4) is 0 Å². The molecule has 0 N–H and O–H groups in total. The summed E-state index contributed by atoms with van der Waals surface area (Å²) in [6.45, 7) is 5.41. The predicted octanol–water partition coefficient (Wildman–Crippen LogP) is 6.52. The van der Waals surface area contributed by atoms with E-state index in [4.69, 9.17) is 4.74 Å². The minimum Gasteiger partial charge on any atom is -0.378 e. The summed E-state index contributed by atoms with van der Waals surface area (Å²) in [6.07, 6.45) is 21.8. The van der Waals surface area contributed by atoms with Crippen molar-refractivity contribution in [1.29, 1.82) is 0 Å². The monoisotopic (exact) mass is 306 g/mol. The second-order valence-corrected chi connectivity index (χ2v) is 7.70. The van der Waals surface area contributed by atoms with Crippen LogP contribution in [-0.4, -0.2) is 12.7 Å². The lowest BCUT2D eigenvalue weighted by Crippen LogP contribution is -2.28. The normalized spacial score (nSPS) is 33.4. The predicted molar refractivity (Wildman–Crippen MR) is 96.1 cm³/mol. The quantitative estimate of drug-likeness (QED) is 0.366. The molecule has 0 amide bonds. The van der Waals surface area contributed by atoms with E-state index in [0.717, 1.165) is 24.4 Å². The highest BCUT2D eigenvalue weighted by Gasteiger charge is 2.30. The van der Waals surface area contributed by atoms with Gasteiger partial charge in [-0.25, -0.2) is 0 Å². The molecular weight excluding hydrogens is 268 g/mol. The highest BCUT2D eigenvalue weighted by Crippen LogP contribution is 2.41. The summed E-state index contributed by atoms with van der Waals surface area (Å²) in [6, 6.07) is 0. The van der Waals surface area contributed by atoms with Crippen LogP contribution in [0.4, 0.5) is 0 Å². The maximum Gasteiger partial charge on any atom is 0.0575 e. The van der Waals surface area contributed by atoms with E-state index >= 15 is 0 Å². The Bertz CT molecular complexity index is 293. The number of ether oxygens (including phenoxy) is 1. The van der Waals surface area contributed by atoms with Gasteiger partial charge in [0.15, 0.2) is 0 Å². The summed E-state index contributed by atoms with van der Waals surface area (Å²) in [4.78, 5) is 0. The topological polar surface area (TPSA) is 9.23 Å². The Kier molecular flexibility index (Phi) is 8.59. The molecule has 0 aromatic heterocycles. The highest BCUT2D eigenvalue weighted by atomic mass is 16.5. The third-order valence-electron chi connectivity index (χ3n) is 6.08. The Morgan fingerprint density at radius 2 is 1.50 bits per heavy atom. The van der Waals surface area contributed by atoms with Gasteiger partial charge in [-0.3, -0.25) is 0 Å². The second-order valence-electron chi connectivity index (χ2n) is 7.70. The van der Waals surface area contributed by atoms with Gasteiger partial charge in [-0.15, -0.1) is 0 Å². The van der Waals surface area contributed by atoms with E-state index in [0.29, 0.717) is 6.10 Å². The molecule has 2 aliphatic rings. The molecule has 2 aliphatic carbocycles. The van der Waals surface area contributed by atoms with Crippen LogP contribution in [0.1, 0.15) is 90.9 Å².